The summed E-state index contributed by atoms with van der Waals surface area (Å²) in [5.41, 5.74) is 0.711. The van der Waals surface area contributed by atoms with Gasteiger partial charge < -0.3 is 15.0 Å². The van der Waals surface area contributed by atoms with E-state index in [1.807, 2.05) is 6.92 Å². The summed E-state index contributed by atoms with van der Waals surface area (Å²) in [5.74, 6) is 1.20. The van der Waals surface area contributed by atoms with Gasteiger partial charge in [0.05, 0.1) is 12.2 Å². The number of benzene rings is 1. The Balaban J connectivity index is 1.53. The van der Waals surface area contributed by atoms with E-state index >= 15 is 0 Å². The molecule has 0 aliphatic carbocycles. The fraction of sp³-hybridized carbons (Fsp3) is 0.346. The van der Waals surface area contributed by atoms with E-state index in [-0.39, 0.29) is 16.1 Å². The number of hydrogen-bond donors (Lipinski definition) is 2. The van der Waals surface area contributed by atoms with Crippen molar-refractivity contribution < 1.29 is 17.9 Å². The summed E-state index contributed by atoms with van der Waals surface area (Å²) >= 11 is 0. The van der Waals surface area contributed by atoms with Gasteiger partial charge in [0.1, 0.15) is 17.4 Å². The molecule has 1 aliphatic rings. The molecule has 9 nitrogen and oxygen atoms in total. The Morgan fingerprint density at radius 2 is 1.89 bits per heavy atom. The van der Waals surface area contributed by atoms with Crippen LogP contribution in [0.4, 0.5) is 17.3 Å². The van der Waals surface area contributed by atoms with Crippen molar-refractivity contribution in [3.63, 3.8) is 0 Å². The molecule has 36 heavy (non-hydrogen) atoms. The molecular weight excluding hydrogens is 478 g/mol. The molecule has 0 saturated carbocycles. The minimum absolute atomic E-state index is 0.201. The second-order valence-electron chi connectivity index (χ2n) is 9.48. The van der Waals surface area contributed by atoms with Gasteiger partial charge in [0, 0.05) is 24.0 Å². The maximum absolute atomic E-state index is 13.2. The van der Waals surface area contributed by atoms with Crippen LogP contribution < -0.4 is 19.7 Å². The SMILES string of the molecule is CCOc1ccc(Nc2cccc(S(=O)(=O)NC(=O)c3cccnc3N3CC(C)CC3(C)C)n2)cc1. The minimum atomic E-state index is -4.23. The van der Waals surface area contributed by atoms with Crippen molar-refractivity contribution in [2.45, 2.75) is 44.7 Å². The van der Waals surface area contributed by atoms with Crippen LogP contribution in [0.2, 0.25) is 0 Å². The van der Waals surface area contributed by atoms with E-state index in [4.69, 9.17) is 4.74 Å². The zero-order chi connectivity index (χ0) is 25.9. The van der Waals surface area contributed by atoms with Crippen LogP contribution in [-0.4, -0.2) is 43.0 Å². The number of pyridine rings is 2. The fourth-order valence-corrected chi connectivity index (χ4v) is 5.50. The highest BCUT2D eigenvalue weighted by atomic mass is 32.2. The lowest BCUT2D eigenvalue weighted by Gasteiger charge is -2.33. The van der Waals surface area contributed by atoms with E-state index in [0.29, 0.717) is 29.8 Å². The molecular formula is C26H31N5O4S. The number of amides is 1. The van der Waals surface area contributed by atoms with E-state index in [1.54, 1.807) is 54.7 Å². The van der Waals surface area contributed by atoms with Crippen LogP contribution in [0, 0.1) is 5.92 Å². The van der Waals surface area contributed by atoms with Crippen molar-refractivity contribution in [1.29, 1.82) is 0 Å². The predicted molar refractivity (Wildman–Crippen MR) is 139 cm³/mol. The van der Waals surface area contributed by atoms with Crippen LogP contribution in [0.5, 0.6) is 5.75 Å². The number of nitrogens with zero attached hydrogens (tertiary/aromatic N) is 3. The molecule has 3 aromatic rings. The van der Waals surface area contributed by atoms with E-state index < -0.39 is 15.9 Å². The van der Waals surface area contributed by atoms with Gasteiger partial charge in [-0.1, -0.05) is 13.0 Å². The molecule has 1 amide bonds. The van der Waals surface area contributed by atoms with Crippen LogP contribution in [0.3, 0.4) is 0 Å². The second kappa shape index (κ2) is 10.1. The standard InChI is InChI=1S/C26H31N5O4S/c1-5-35-20-13-11-19(12-14-20)28-22-9-6-10-23(29-22)36(33,34)30-25(32)21-8-7-15-27-24(21)31-17-18(2)16-26(31,3)4/h6-15,18H,5,16-17H2,1-4H3,(H,28,29)(H,30,32). The van der Waals surface area contributed by atoms with E-state index in [9.17, 15) is 13.2 Å². The average Bonchev–Trinajstić information content (AvgIpc) is 3.12. The third kappa shape index (κ3) is 5.59. The first-order chi connectivity index (χ1) is 17.1. The van der Waals surface area contributed by atoms with E-state index in [2.05, 4.69) is 45.7 Å². The second-order valence-corrected chi connectivity index (χ2v) is 11.1. The van der Waals surface area contributed by atoms with Crippen LogP contribution in [-0.2, 0) is 10.0 Å². The van der Waals surface area contributed by atoms with Crippen molar-refractivity contribution in [3.8, 4) is 5.75 Å². The molecule has 0 bridgehead atoms. The van der Waals surface area contributed by atoms with Gasteiger partial charge in [-0.3, -0.25) is 4.79 Å². The molecule has 0 spiro atoms. The zero-order valence-electron chi connectivity index (χ0n) is 20.9. The Bertz CT molecular complexity index is 1340. The zero-order valence-corrected chi connectivity index (χ0v) is 21.7. The third-order valence-electron chi connectivity index (χ3n) is 6.02. The van der Waals surface area contributed by atoms with Gasteiger partial charge in [0.15, 0.2) is 5.03 Å². The first kappa shape index (κ1) is 25.4. The first-order valence-electron chi connectivity index (χ1n) is 11.9. The first-order valence-corrected chi connectivity index (χ1v) is 13.3. The molecule has 2 aromatic heterocycles. The summed E-state index contributed by atoms with van der Waals surface area (Å²) in [7, 11) is -4.23. The number of rotatable bonds is 8. The largest absolute Gasteiger partial charge is 0.494 e. The monoisotopic (exact) mass is 509 g/mol. The molecule has 1 aromatic carbocycles. The van der Waals surface area contributed by atoms with Crippen LogP contribution in [0.15, 0.2) is 65.8 Å². The lowest BCUT2D eigenvalue weighted by molar-refractivity contribution is 0.0981. The van der Waals surface area contributed by atoms with Crippen molar-refractivity contribution in [3.05, 3.63) is 66.4 Å². The summed E-state index contributed by atoms with van der Waals surface area (Å²) in [6.45, 7) is 9.54. The number of aromatic nitrogens is 2. The molecule has 1 unspecified atom stereocenters. The molecule has 0 radical (unpaired) electrons. The van der Waals surface area contributed by atoms with Gasteiger partial charge in [-0.25, -0.2) is 14.7 Å². The maximum atomic E-state index is 13.2. The number of sulfonamides is 1. The van der Waals surface area contributed by atoms with Crippen molar-refractivity contribution >= 4 is 33.3 Å². The Hall–Kier alpha value is -3.66. The molecule has 4 rings (SSSR count). The molecule has 1 saturated heterocycles. The lowest BCUT2D eigenvalue weighted by atomic mass is 9.97. The summed E-state index contributed by atoms with van der Waals surface area (Å²) in [6, 6.07) is 15.0. The molecule has 10 heteroatoms. The fourth-order valence-electron chi connectivity index (χ4n) is 4.56. The van der Waals surface area contributed by atoms with Crippen LogP contribution in [0.1, 0.15) is 44.5 Å². The third-order valence-corrected chi connectivity index (χ3v) is 7.26. The smallest absolute Gasteiger partial charge is 0.281 e. The highest BCUT2D eigenvalue weighted by molar-refractivity contribution is 7.90. The van der Waals surface area contributed by atoms with Gasteiger partial charge in [-0.15, -0.1) is 0 Å². The van der Waals surface area contributed by atoms with E-state index in [0.717, 1.165) is 18.7 Å². The Kier molecular flexibility index (Phi) is 7.16. The summed E-state index contributed by atoms with van der Waals surface area (Å²) in [5, 5.41) is 2.80. The topological polar surface area (TPSA) is 114 Å². The van der Waals surface area contributed by atoms with Gasteiger partial charge in [-0.05, 0) is 81.6 Å². The number of anilines is 3. The molecule has 1 fully saturated rings. The Morgan fingerprint density at radius 1 is 1.14 bits per heavy atom. The van der Waals surface area contributed by atoms with Crippen LogP contribution in [0.25, 0.3) is 0 Å². The van der Waals surface area contributed by atoms with Gasteiger partial charge in [0.2, 0.25) is 0 Å². The van der Waals surface area contributed by atoms with Crippen molar-refractivity contribution in [1.82, 2.24) is 14.7 Å². The predicted octanol–water partition coefficient (Wildman–Crippen LogP) is 4.36. The normalized spacial score (nSPS) is 17.0. The molecule has 1 aliphatic heterocycles. The van der Waals surface area contributed by atoms with Gasteiger partial charge in [0.25, 0.3) is 15.9 Å². The van der Waals surface area contributed by atoms with Crippen molar-refractivity contribution in [2.24, 2.45) is 5.92 Å². The quantitative estimate of drug-likeness (QED) is 0.460. The van der Waals surface area contributed by atoms with E-state index in [1.165, 1.54) is 6.07 Å². The Morgan fingerprint density at radius 3 is 2.56 bits per heavy atom. The van der Waals surface area contributed by atoms with Gasteiger partial charge in [-0.2, -0.15) is 8.42 Å². The molecule has 1 atom stereocenters. The summed E-state index contributed by atoms with van der Waals surface area (Å²) < 4.78 is 33.8. The number of nitrogens with one attached hydrogen (secondary N) is 2. The maximum Gasteiger partial charge on any atom is 0.281 e. The molecule has 2 N–H and O–H groups in total. The highest BCUT2D eigenvalue weighted by Crippen LogP contribution is 2.37. The van der Waals surface area contributed by atoms with Gasteiger partial charge >= 0.3 is 0 Å². The van der Waals surface area contributed by atoms with Crippen molar-refractivity contribution in [2.75, 3.05) is 23.4 Å². The van der Waals surface area contributed by atoms with Crippen LogP contribution >= 0.6 is 0 Å². The highest BCUT2D eigenvalue weighted by Gasteiger charge is 2.39. The number of ether oxygens (including phenoxy) is 1. The number of hydrogen-bond acceptors (Lipinski definition) is 8. The minimum Gasteiger partial charge on any atom is -0.494 e. The number of carbonyl (C=O) groups is 1. The number of carbonyl (C=O) groups excluding carboxylic acids is 1. The lowest BCUT2D eigenvalue weighted by Crippen LogP contribution is -2.41. The average molecular weight is 510 g/mol. The summed E-state index contributed by atoms with van der Waals surface area (Å²) in [4.78, 5) is 23.9. The Labute approximate surface area is 212 Å². The molecule has 3 heterocycles. The summed E-state index contributed by atoms with van der Waals surface area (Å²) in [6.07, 6.45) is 2.55. The molecule has 190 valence electrons.